The monoisotopic (exact) mass is 179 g/mol. The van der Waals surface area contributed by atoms with E-state index in [4.69, 9.17) is 4.74 Å². The highest BCUT2D eigenvalue weighted by Crippen LogP contribution is 2.10. The lowest BCUT2D eigenvalue weighted by Crippen LogP contribution is -2.37. The maximum absolute atomic E-state index is 5.62. The summed E-state index contributed by atoms with van der Waals surface area (Å²) < 4.78 is 5.62. The molecule has 4 heteroatoms. The molecule has 1 aromatic rings. The SMILES string of the molecule is c1cnc(O[C@@H]2CCCNC2)cn1. The first-order valence-corrected chi connectivity index (χ1v) is 4.58. The van der Waals surface area contributed by atoms with E-state index >= 15 is 0 Å². The maximum Gasteiger partial charge on any atom is 0.232 e. The Bertz CT molecular complexity index is 246. The number of hydrogen-bond donors (Lipinski definition) is 1. The van der Waals surface area contributed by atoms with Crippen LogP contribution >= 0.6 is 0 Å². The highest BCUT2D eigenvalue weighted by Gasteiger charge is 2.14. The van der Waals surface area contributed by atoms with E-state index in [-0.39, 0.29) is 6.10 Å². The quantitative estimate of drug-likeness (QED) is 0.722. The summed E-state index contributed by atoms with van der Waals surface area (Å²) >= 11 is 0. The fourth-order valence-electron chi connectivity index (χ4n) is 1.44. The molecule has 0 aliphatic carbocycles. The molecule has 4 nitrogen and oxygen atoms in total. The van der Waals surface area contributed by atoms with Gasteiger partial charge in [-0.1, -0.05) is 0 Å². The average Bonchev–Trinajstić information content (AvgIpc) is 2.21. The van der Waals surface area contributed by atoms with Crippen molar-refractivity contribution in [3.05, 3.63) is 18.6 Å². The van der Waals surface area contributed by atoms with Gasteiger partial charge in [0.15, 0.2) is 0 Å². The van der Waals surface area contributed by atoms with Crippen LogP contribution in [0.5, 0.6) is 5.88 Å². The number of ether oxygens (including phenoxy) is 1. The van der Waals surface area contributed by atoms with Gasteiger partial charge in [0.05, 0.1) is 6.20 Å². The van der Waals surface area contributed by atoms with Crippen molar-refractivity contribution in [3.8, 4) is 5.88 Å². The normalized spacial score (nSPS) is 22.6. The Morgan fingerprint density at radius 3 is 3.15 bits per heavy atom. The van der Waals surface area contributed by atoms with Crippen molar-refractivity contribution in [2.75, 3.05) is 13.1 Å². The van der Waals surface area contributed by atoms with Crippen LogP contribution in [-0.2, 0) is 0 Å². The molecule has 0 radical (unpaired) electrons. The second kappa shape index (κ2) is 4.18. The molecule has 0 saturated carbocycles. The van der Waals surface area contributed by atoms with Gasteiger partial charge in [-0.15, -0.1) is 0 Å². The van der Waals surface area contributed by atoms with Crippen molar-refractivity contribution in [3.63, 3.8) is 0 Å². The van der Waals surface area contributed by atoms with Crippen molar-refractivity contribution >= 4 is 0 Å². The van der Waals surface area contributed by atoms with Crippen LogP contribution in [0.2, 0.25) is 0 Å². The van der Waals surface area contributed by atoms with Gasteiger partial charge >= 0.3 is 0 Å². The van der Waals surface area contributed by atoms with E-state index in [1.54, 1.807) is 18.6 Å². The molecule has 13 heavy (non-hydrogen) atoms. The van der Waals surface area contributed by atoms with Gasteiger partial charge < -0.3 is 10.1 Å². The molecule has 1 aliphatic rings. The zero-order chi connectivity index (χ0) is 8.93. The Hall–Kier alpha value is -1.16. The van der Waals surface area contributed by atoms with E-state index in [9.17, 15) is 0 Å². The summed E-state index contributed by atoms with van der Waals surface area (Å²) in [5, 5.41) is 3.28. The summed E-state index contributed by atoms with van der Waals surface area (Å²) in [5.74, 6) is 0.621. The number of piperidine rings is 1. The molecule has 1 fully saturated rings. The third kappa shape index (κ3) is 2.39. The maximum atomic E-state index is 5.62. The molecule has 2 heterocycles. The molecule has 0 amide bonds. The van der Waals surface area contributed by atoms with Crippen LogP contribution in [0.15, 0.2) is 18.6 Å². The van der Waals surface area contributed by atoms with Crippen LogP contribution < -0.4 is 10.1 Å². The summed E-state index contributed by atoms with van der Waals surface area (Å²) in [4.78, 5) is 8.00. The zero-order valence-corrected chi connectivity index (χ0v) is 7.44. The third-order valence-corrected chi connectivity index (χ3v) is 2.08. The van der Waals surface area contributed by atoms with Crippen molar-refractivity contribution in [1.82, 2.24) is 15.3 Å². The highest BCUT2D eigenvalue weighted by molar-refractivity contribution is 5.02. The molecule has 0 bridgehead atoms. The number of rotatable bonds is 2. The second-order valence-corrected chi connectivity index (χ2v) is 3.13. The van der Waals surface area contributed by atoms with Crippen LogP contribution in [0.1, 0.15) is 12.8 Å². The summed E-state index contributed by atoms with van der Waals surface area (Å²) in [7, 11) is 0. The zero-order valence-electron chi connectivity index (χ0n) is 7.44. The molecule has 70 valence electrons. The first-order valence-electron chi connectivity index (χ1n) is 4.58. The van der Waals surface area contributed by atoms with Crippen molar-refractivity contribution in [2.24, 2.45) is 0 Å². The predicted molar refractivity (Wildman–Crippen MR) is 48.6 cm³/mol. The van der Waals surface area contributed by atoms with Crippen LogP contribution in [-0.4, -0.2) is 29.2 Å². The van der Waals surface area contributed by atoms with Crippen LogP contribution in [0, 0.1) is 0 Å². The van der Waals surface area contributed by atoms with Gasteiger partial charge in [0.25, 0.3) is 0 Å². The van der Waals surface area contributed by atoms with Gasteiger partial charge in [-0.05, 0) is 19.4 Å². The van der Waals surface area contributed by atoms with Crippen molar-refractivity contribution in [1.29, 1.82) is 0 Å². The summed E-state index contributed by atoms with van der Waals surface area (Å²) in [6, 6.07) is 0. The largest absolute Gasteiger partial charge is 0.472 e. The lowest BCUT2D eigenvalue weighted by Gasteiger charge is -2.22. The summed E-state index contributed by atoms with van der Waals surface area (Å²) in [6.07, 6.45) is 7.46. The minimum atomic E-state index is 0.255. The first kappa shape index (κ1) is 8.44. The fourth-order valence-corrected chi connectivity index (χ4v) is 1.44. The lowest BCUT2D eigenvalue weighted by atomic mass is 10.1. The van der Waals surface area contributed by atoms with Crippen molar-refractivity contribution < 1.29 is 4.74 Å². The van der Waals surface area contributed by atoms with Crippen molar-refractivity contribution in [2.45, 2.75) is 18.9 Å². The number of aromatic nitrogens is 2. The molecule has 1 aliphatic heterocycles. The Labute approximate surface area is 77.4 Å². The molecule has 1 atom stereocenters. The summed E-state index contributed by atoms with van der Waals surface area (Å²) in [5.41, 5.74) is 0. The number of nitrogens with zero attached hydrogens (tertiary/aromatic N) is 2. The molecule has 1 saturated heterocycles. The molecule has 0 unspecified atom stereocenters. The first-order chi connectivity index (χ1) is 6.45. The minimum Gasteiger partial charge on any atom is -0.472 e. The fraction of sp³-hybridized carbons (Fsp3) is 0.556. The van der Waals surface area contributed by atoms with E-state index < -0.39 is 0 Å². The number of hydrogen-bond acceptors (Lipinski definition) is 4. The Kier molecular flexibility index (Phi) is 2.72. The van der Waals surface area contributed by atoms with Gasteiger partial charge in [0.2, 0.25) is 5.88 Å². The van der Waals surface area contributed by atoms with E-state index in [0.717, 1.165) is 19.5 Å². The highest BCUT2D eigenvalue weighted by atomic mass is 16.5. The van der Waals surface area contributed by atoms with Crippen LogP contribution in [0.25, 0.3) is 0 Å². The standard InChI is InChI=1S/C9H13N3O/c1-2-8(6-10-3-1)13-9-7-11-4-5-12-9/h4-5,7-8,10H,1-3,6H2/t8-/m1/s1. The topological polar surface area (TPSA) is 47.0 Å². The van der Waals surface area contributed by atoms with Gasteiger partial charge in [-0.25, -0.2) is 4.98 Å². The van der Waals surface area contributed by atoms with E-state index in [0.29, 0.717) is 5.88 Å². The second-order valence-electron chi connectivity index (χ2n) is 3.13. The Morgan fingerprint density at radius 1 is 1.46 bits per heavy atom. The minimum absolute atomic E-state index is 0.255. The van der Waals surface area contributed by atoms with Gasteiger partial charge in [-0.3, -0.25) is 4.98 Å². The van der Waals surface area contributed by atoms with Gasteiger partial charge in [0.1, 0.15) is 6.10 Å². The van der Waals surface area contributed by atoms with Crippen LogP contribution in [0.3, 0.4) is 0 Å². The molecule has 0 spiro atoms. The molecule has 0 aromatic carbocycles. The van der Waals surface area contributed by atoms with E-state index in [1.165, 1.54) is 6.42 Å². The molecule has 1 N–H and O–H groups in total. The predicted octanol–water partition coefficient (Wildman–Crippen LogP) is 0.607. The Morgan fingerprint density at radius 2 is 2.46 bits per heavy atom. The third-order valence-electron chi connectivity index (χ3n) is 2.08. The smallest absolute Gasteiger partial charge is 0.232 e. The van der Waals surface area contributed by atoms with Gasteiger partial charge in [0, 0.05) is 18.9 Å². The molecule has 2 rings (SSSR count). The number of nitrogens with one attached hydrogen (secondary N) is 1. The van der Waals surface area contributed by atoms with Crippen LogP contribution in [0.4, 0.5) is 0 Å². The van der Waals surface area contributed by atoms with E-state index in [1.807, 2.05) is 0 Å². The Balaban J connectivity index is 1.90. The average molecular weight is 179 g/mol. The van der Waals surface area contributed by atoms with E-state index in [2.05, 4.69) is 15.3 Å². The molecular formula is C9H13N3O. The lowest BCUT2D eigenvalue weighted by molar-refractivity contribution is 0.160. The van der Waals surface area contributed by atoms with Gasteiger partial charge in [-0.2, -0.15) is 0 Å². The molecule has 1 aromatic heterocycles. The molecular weight excluding hydrogens is 166 g/mol. The summed E-state index contributed by atoms with van der Waals surface area (Å²) in [6.45, 7) is 2.01.